The van der Waals surface area contributed by atoms with Crippen LogP contribution in [0, 0.1) is 0 Å². The number of unbranched alkanes of at least 4 members (excludes halogenated alkanes) is 8. The standard InChI is InChI=1S/C18H38O6P2/c1-6-8-10-12-14-16-23-26(20,18(3)25(19,21-4)22-5)24-17-15-13-11-9-7-2/h3,6-17H2,1-2,4-5H3. The van der Waals surface area contributed by atoms with Gasteiger partial charge in [-0.1, -0.05) is 71.8 Å². The van der Waals surface area contributed by atoms with Crippen LogP contribution in [0.5, 0.6) is 0 Å². The van der Waals surface area contributed by atoms with Gasteiger partial charge in [0, 0.05) is 14.2 Å². The van der Waals surface area contributed by atoms with E-state index in [2.05, 4.69) is 20.4 Å². The van der Waals surface area contributed by atoms with E-state index in [0.717, 1.165) is 51.4 Å². The SMILES string of the molecule is C=C(P(=O)(OC)OC)P(=O)(OCCCCCCC)OCCCCCCC. The summed E-state index contributed by atoms with van der Waals surface area (Å²) in [6.45, 7) is 8.50. The monoisotopic (exact) mass is 412 g/mol. The highest BCUT2D eigenvalue weighted by Crippen LogP contribution is 2.72. The highest BCUT2D eigenvalue weighted by Gasteiger charge is 2.42. The lowest BCUT2D eigenvalue weighted by Crippen LogP contribution is -2.04. The van der Waals surface area contributed by atoms with E-state index in [1.54, 1.807) is 0 Å². The molecule has 6 nitrogen and oxygen atoms in total. The molecule has 0 spiro atoms. The van der Waals surface area contributed by atoms with Crippen LogP contribution in [0.2, 0.25) is 0 Å². The topological polar surface area (TPSA) is 71.1 Å². The van der Waals surface area contributed by atoms with Gasteiger partial charge in [-0.3, -0.25) is 9.13 Å². The molecule has 0 aromatic carbocycles. The maximum absolute atomic E-state index is 13.2. The average Bonchev–Trinajstić information content (AvgIpc) is 2.66. The third kappa shape index (κ3) is 9.82. The Kier molecular flexibility index (Phi) is 15.0. The Bertz CT molecular complexity index is 439. The molecule has 0 unspecified atom stereocenters. The Morgan fingerprint density at radius 2 is 1.08 bits per heavy atom. The van der Waals surface area contributed by atoms with Crippen LogP contribution in [0.1, 0.15) is 78.1 Å². The van der Waals surface area contributed by atoms with Crippen molar-refractivity contribution in [2.24, 2.45) is 0 Å². The van der Waals surface area contributed by atoms with E-state index in [4.69, 9.17) is 18.1 Å². The molecule has 0 aromatic heterocycles. The minimum atomic E-state index is -3.78. The molecule has 0 aliphatic heterocycles. The van der Waals surface area contributed by atoms with Gasteiger partial charge in [-0.2, -0.15) is 0 Å². The second-order valence-electron chi connectivity index (χ2n) is 6.27. The fraction of sp³-hybridized carbons (Fsp3) is 0.889. The average molecular weight is 412 g/mol. The molecular formula is C18H38O6P2. The van der Waals surface area contributed by atoms with Gasteiger partial charge in [-0.25, -0.2) is 0 Å². The second-order valence-corrected chi connectivity index (χ2v) is 10.9. The minimum Gasteiger partial charge on any atom is -0.308 e. The molecule has 0 saturated heterocycles. The molecule has 8 heteroatoms. The summed E-state index contributed by atoms with van der Waals surface area (Å²) in [6, 6.07) is 0. The molecule has 0 bridgehead atoms. The molecule has 156 valence electrons. The Morgan fingerprint density at radius 3 is 1.42 bits per heavy atom. The Balaban J connectivity index is 4.72. The smallest absolute Gasteiger partial charge is 0.308 e. The summed E-state index contributed by atoms with van der Waals surface area (Å²) in [5.41, 5.74) is 0. The van der Waals surface area contributed by atoms with Crippen molar-refractivity contribution in [3.05, 3.63) is 11.6 Å². The lowest BCUT2D eigenvalue weighted by molar-refractivity contribution is 0.202. The van der Waals surface area contributed by atoms with Crippen LogP contribution in [0.4, 0.5) is 0 Å². The van der Waals surface area contributed by atoms with E-state index in [1.807, 2.05) is 0 Å². The third-order valence-electron chi connectivity index (χ3n) is 4.13. The van der Waals surface area contributed by atoms with Gasteiger partial charge in [0.25, 0.3) is 0 Å². The number of hydrogen-bond donors (Lipinski definition) is 0. The highest BCUT2D eigenvalue weighted by molar-refractivity contribution is 7.78. The van der Waals surface area contributed by atoms with Crippen LogP contribution >= 0.6 is 15.2 Å². The van der Waals surface area contributed by atoms with Crippen LogP contribution in [-0.2, 0) is 27.2 Å². The Hall–Kier alpha value is 0.0400. The molecule has 0 aliphatic carbocycles. The molecule has 0 fully saturated rings. The normalized spacial score (nSPS) is 12.5. The summed E-state index contributed by atoms with van der Waals surface area (Å²) < 4.78 is 46.7. The first-order chi connectivity index (χ1) is 12.4. The van der Waals surface area contributed by atoms with Gasteiger partial charge in [-0.05, 0) is 12.8 Å². The fourth-order valence-corrected chi connectivity index (χ4v) is 6.12. The molecule has 26 heavy (non-hydrogen) atoms. The van der Waals surface area contributed by atoms with Crippen molar-refractivity contribution >= 4 is 15.2 Å². The quantitative estimate of drug-likeness (QED) is 0.176. The van der Waals surface area contributed by atoms with E-state index in [-0.39, 0.29) is 18.3 Å². The van der Waals surface area contributed by atoms with Crippen molar-refractivity contribution in [1.82, 2.24) is 0 Å². The zero-order valence-corrected chi connectivity index (χ0v) is 18.8. The first-order valence-corrected chi connectivity index (χ1v) is 12.8. The fourth-order valence-electron chi connectivity index (χ4n) is 2.40. The van der Waals surface area contributed by atoms with E-state index in [0.29, 0.717) is 0 Å². The van der Waals surface area contributed by atoms with Crippen LogP contribution in [-0.4, -0.2) is 27.4 Å². The van der Waals surface area contributed by atoms with Crippen LogP contribution in [0.3, 0.4) is 0 Å². The van der Waals surface area contributed by atoms with E-state index in [9.17, 15) is 9.13 Å². The van der Waals surface area contributed by atoms with E-state index in [1.165, 1.54) is 27.1 Å². The summed E-state index contributed by atoms with van der Waals surface area (Å²) in [5, 5.41) is -0.225. The molecule has 0 saturated carbocycles. The zero-order chi connectivity index (χ0) is 19.9. The van der Waals surface area contributed by atoms with Gasteiger partial charge >= 0.3 is 15.2 Å². The van der Waals surface area contributed by atoms with Crippen molar-refractivity contribution in [3.8, 4) is 0 Å². The second kappa shape index (κ2) is 15.0. The predicted molar refractivity (Wildman–Crippen MR) is 108 cm³/mol. The van der Waals surface area contributed by atoms with Gasteiger partial charge in [-0.15, -0.1) is 0 Å². The van der Waals surface area contributed by atoms with Gasteiger partial charge in [0.05, 0.1) is 13.2 Å². The molecule has 0 heterocycles. The molecule has 0 radical (unpaired) electrons. The van der Waals surface area contributed by atoms with E-state index >= 15 is 0 Å². The van der Waals surface area contributed by atoms with Crippen molar-refractivity contribution in [2.75, 3.05) is 27.4 Å². The summed E-state index contributed by atoms with van der Waals surface area (Å²) in [7, 11) is -5.05. The van der Waals surface area contributed by atoms with Crippen LogP contribution in [0.25, 0.3) is 0 Å². The van der Waals surface area contributed by atoms with Crippen molar-refractivity contribution in [2.45, 2.75) is 78.1 Å². The third-order valence-corrected chi connectivity index (χ3v) is 8.87. The Morgan fingerprint density at radius 1 is 0.692 bits per heavy atom. The molecule has 0 N–H and O–H groups in total. The van der Waals surface area contributed by atoms with Crippen molar-refractivity contribution in [3.63, 3.8) is 0 Å². The molecule has 0 aromatic rings. The van der Waals surface area contributed by atoms with Gasteiger partial charge in [0.15, 0.2) is 0 Å². The molecule has 0 amide bonds. The first kappa shape index (κ1) is 26.0. The lowest BCUT2D eigenvalue weighted by atomic mass is 10.2. The maximum Gasteiger partial charge on any atom is 0.368 e. The summed E-state index contributed by atoms with van der Waals surface area (Å²) in [6.07, 6.45) is 10.4. The summed E-state index contributed by atoms with van der Waals surface area (Å²) >= 11 is 0. The lowest BCUT2D eigenvalue weighted by Gasteiger charge is -2.24. The number of rotatable bonds is 18. The maximum atomic E-state index is 13.2. The van der Waals surface area contributed by atoms with Gasteiger partial charge in [0.2, 0.25) is 0 Å². The molecular weight excluding hydrogens is 374 g/mol. The van der Waals surface area contributed by atoms with E-state index < -0.39 is 15.2 Å². The van der Waals surface area contributed by atoms with Gasteiger partial charge in [0.1, 0.15) is 5.06 Å². The van der Waals surface area contributed by atoms with Gasteiger partial charge < -0.3 is 18.1 Å². The predicted octanol–water partition coefficient (Wildman–Crippen LogP) is 7.11. The van der Waals surface area contributed by atoms with Crippen LogP contribution < -0.4 is 0 Å². The first-order valence-electron chi connectivity index (χ1n) is 9.70. The van der Waals surface area contributed by atoms with Crippen molar-refractivity contribution < 1.29 is 27.2 Å². The molecule has 0 aliphatic rings. The largest absolute Gasteiger partial charge is 0.368 e. The zero-order valence-electron chi connectivity index (χ0n) is 17.0. The summed E-state index contributed by atoms with van der Waals surface area (Å²) in [4.78, 5) is 0. The highest BCUT2D eigenvalue weighted by atomic mass is 31.2. The minimum absolute atomic E-state index is 0.225. The number of hydrogen-bond acceptors (Lipinski definition) is 6. The molecule has 0 atom stereocenters. The van der Waals surface area contributed by atoms with Crippen LogP contribution in [0.15, 0.2) is 11.6 Å². The molecule has 0 rings (SSSR count). The summed E-state index contributed by atoms with van der Waals surface area (Å²) in [5.74, 6) is 0. The van der Waals surface area contributed by atoms with Crippen molar-refractivity contribution in [1.29, 1.82) is 0 Å². The Labute approximate surface area is 160 Å².